The molecule has 33 heavy (non-hydrogen) atoms. The van der Waals surface area contributed by atoms with Crippen molar-refractivity contribution in [2.75, 3.05) is 13.2 Å². The number of H-pyrrole nitrogens is 1. The normalized spacial score (nSPS) is 11.0. The topological polar surface area (TPSA) is 71.1 Å². The van der Waals surface area contributed by atoms with Crippen LogP contribution in [0.2, 0.25) is 0 Å². The smallest absolute Gasteiger partial charge is 0.254 e. The van der Waals surface area contributed by atoms with Crippen LogP contribution in [0.15, 0.2) is 54.9 Å². The maximum atomic E-state index is 13.8. The number of hydrogen-bond donors (Lipinski definition) is 1. The third-order valence-corrected chi connectivity index (χ3v) is 5.57. The second-order valence-electron chi connectivity index (χ2n) is 7.91. The van der Waals surface area contributed by atoms with Crippen molar-refractivity contribution >= 4 is 16.8 Å². The molecule has 2 heterocycles. The highest BCUT2D eigenvalue weighted by Crippen LogP contribution is 2.32. The Balaban J connectivity index is 1.67. The second-order valence-corrected chi connectivity index (χ2v) is 7.91. The zero-order chi connectivity index (χ0) is 23.4. The average molecular weight is 447 g/mol. The Kier molecular flexibility index (Phi) is 6.68. The summed E-state index contributed by atoms with van der Waals surface area (Å²) in [6.07, 6.45) is 4.37. The van der Waals surface area contributed by atoms with Crippen LogP contribution < -0.4 is 4.74 Å². The summed E-state index contributed by atoms with van der Waals surface area (Å²) in [4.78, 5) is 19.8. The van der Waals surface area contributed by atoms with Crippen LogP contribution in [0.1, 0.15) is 41.9 Å². The van der Waals surface area contributed by atoms with E-state index in [9.17, 15) is 9.18 Å². The number of aromatic amines is 1. The van der Waals surface area contributed by atoms with E-state index in [0.29, 0.717) is 36.6 Å². The molecule has 0 aliphatic heterocycles. The summed E-state index contributed by atoms with van der Waals surface area (Å²) in [6, 6.07) is 11.7. The van der Waals surface area contributed by atoms with Crippen molar-refractivity contribution in [3.8, 4) is 16.9 Å². The molecule has 7 heteroatoms. The van der Waals surface area contributed by atoms with E-state index < -0.39 is 0 Å². The lowest BCUT2D eigenvalue weighted by Gasteiger charge is -2.23. The van der Waals surface area contributed by atoms with E-state index >= 15 is 0 Å². The highest BCUT2D eigenvalue weighted by Gasteiger charge is 2.20. The molecule has 0 aliphatic carbocycles. The lowest BCUT2D eigenvalue weighted by Crippen LogP contribution is -2.31. The Morgan fingerprint density at radius 2 is 2.00 bits per heavy atom. The molecule has 4 aromatic rings. The molecule has 0 aliphatic rings. The van der Waals surface area contributed by atoms with Crippen molar-refractivity contribution in [1.29, 1.82) is 0 Å². The number of amides is 1. The lowest BCUT2D eigenvalue weighted by molar-refractivity contribution is 0.0743. The maximum Gasteiger partial charge on any atom is 0.254 e. The molecule has 2 aromatic carbocycles. The van der Waals surface area contributed by atoms with E-state index in [0.717, 1.165) is 34.1 Å². The van der Waals surface area contributed by atoms with Crippen molar-refractivity contribution in [2.24, 2.45) is 0 Å². The number of halogens is 1. The number of aromatic nitrogens is 3. The molecular formula is C26H27FN4O2. The molecule has 0 saturated carbocycles. The van der Waals surface area contributed by atoms with E-state index in [1.165, 1.54) is 12.1 Å². The third-order valence-electron chi connectivity index (χ3n) is 5.57. The van der Waals surface area contributed by atoms with Gasteiger partial charge in [0.25, 0.3) is 5.91 Å². The summed E-state index contributed by atoms with van der Waals surface area (Å²) >= 11 is 0. The van der Waals surface area contributed by atoms with E-state index in [1.54, 1.807) is 35.5 Å². The minimum absolute atomic E-state index is 0.100. The van der Waals surface area contributed by atoms with Crippen LogP contribution >= 0.6 is 0 Å². The first kappa shape index (κ1) is 22.5. The Bertz CT molecular complexity index is 1280. The average Bonchev–Trinajstić information content (AvgIpc) is 3.31. The SMILES string of the molecule is CCCN(Cc1cnc(C)c2cn[nH]c12)C(=O)c1ccc(-c2cccc(F)c2)c(OCC)c1. The molecule has 6 nitrogen and oxygen atoms in total. The van der Waals surface area contributed by atoms with Gasteiger partial charge in [0.2, 0.25) is 0 Å². The van der Waals surface area contributed by atoms with Gasteiger partial charge in [-0.2, -0.15) is 5.10 Å². The van der Waals surface area contributed by atoms with Crippen molar-refractivity contribution in [2.45, 2.75) is 33.7 Å². The molecule has 0 unspecified atom stereocenters. The molecule has 0 radical (unpaired) electrons. The first-order valence-electron chi connectivity index (χ1n) is 11.1. The molecule has 0 atom stereocenters. The van der Waals surface area contributed by atoms with Gasteiger partial charge in [0, 0.05) is 47.1 Å². The third kappa shape index (κ3) is 4.72. The van der Waals surface area contributed by atoms with Gasteiger partial charge in [-0.1, -0.05) is 19.1 Å². The Labute approximate surface area is 192 Å². The van der Waals surface area contributed by atoms with Gasteiger partial charge in [0.05, 0.1) is 18.3 Å². The molecular weight excluding hydrogens is 419 g/mol. The molecule has 1 amide bonds. The molecule has 0 spiro atoms. The number of benzene rings is 2. The highest BCUT2D eigenvalue weighted by molar-refractivity contribution is 5.96. The van der Waals surface area contributed by atoms with E-state index in [2.05, 4.69) is 15.2 Å². The van der Waals surface area contributed by atoms with Gasteiger partial charge >= 0.3 is 0 Å². The molecule has 0 bridgehead atoms. The van der Waals surface area contributed by atoms with Gasteiger partial charge in [-0.15, -0.1) is 0 Å². The fraction of sp³-hybridized carbons (Fsp3) is 0.269. The largest absolute Gasteiger partial charge is 0.493 e. The number of hydrogen-bond acceptors (Lipinski definition) is 4. The standard InChI is InChI=1S/C26H27FN4O2/c1-4-11-31(16-20-14-28-17(3)23-15-29-30-25(20)23)26(32)19-9-10-22(24(13-19)33-5-2)18-7-6-8-21(27)12-18/h6-10,12-15H,4-5,11,16H2,1-3H3,(H,29,30). The number of nitrogens with zero attached hydrogens (tertiary/aromatic N) is 3. The maximum absolute atomic E-state index is 13.8. The van der Waals surface area contributed by atoms with Crippen LogP contribution in [0, 0.1) is 12.7 Å². The van der Waals surface area contributed by atoms with Crippen molar-refractivity contribution < 1.29 is 13.9 Å². The van der Waals surface area contributed by atoms with Gasteiger partial charge in [-0.25, -0.2) is 4.39 Å². The summed E-state index contributed by atoms with van der Waals surface area (Å²) < 4.78 is 19.6. The number of carbonyl (C=O) groups excluding carboxylic acids is 1. The predicted molar refractivity (Wildman–Crippen MR) is 127 cm³/mol. The summed E-state index contributed by atoms with van der Waals surface area (Å²) in [6.45, 7) is 7.30. The lowest BCUT2D eigenvalue weighted by atomic mass is 10.0. The van der Waals surface area contributed by atoms with Crippen molar-refractivity contribution in [3.63, 3.8) is 0 Å². The van der Waals surface area contributed by atoms with Crippen molar-refractivity contribution in [3.05, 3.63) is 77.5 Å². The summed E-state index contributed by atoms with van der Waals surface area (Å²) in [5.74, 6) is 0.135. The van der Waals surface area contributed by atoms with Crippen LogP contribution in [-0.2, 0) is 6.54 Å². The summed E-state index contributed by atoms with van der Waals surface area (Å²) in [7, 11) is 0. The number of pyridine rings is 1. The minimum Gasteiger partial charge on any atom is -0.493 e. The first-order valence-corrected chi connectivity index (χ1v) is 11.1. The van der Waals surface area contributed by atoms with Gasteiger partial charge in [-0.05, 0) is 56.2 Å². The van der Waals surface area contributed by atoms with Gasteiger partial charge < -0.3 is 9.64 Å². The fourth-order valence-electron chi connectivity index (χ4n) is 3.97. The Morgan fingerprint density at radius 1 is 1.15 bits per heavy atom. The number of rotatable bonds is 8. The molecule has 0 fully saturated rings. The van der Waals surface area contributed by atoms with Gasteiger partial charge in [0.15, 0.2) is 0 Å². The predicted octanol–water partition coefficient (Wildman–Crippen LogP) is 5.52. The number of nitrogens with one attached hydrogen (secondary N) is 1. The van der Waals surface area contributed by atoms with Crippen LogP contribution in [0.3, 0.4) is 0 Å². The van der Waals surface area contributed by atoms with Gasteiger partial charge in [-0.3, -0.25) is 14.9 Å². The first-order chi connectivity index (χ1) is 16.0. The Hall–Kier alpha value is -3.74. The van der Waals surface area contributed by atoms with Crippen molar-refractivity contribution in [1.82, 2.24) is 20.1 Å². The van der Waals surface area contributed by atoms with E-state index in [1.807, 2.05) is 32.9 Å². The minimum atomic E-state index is -0.318. The molecule has 170 valence electrons. The monoisotopic (exact) mass is 446 g/mol. The summed E-state index contributed by atoms with van der Waals surface area (Å²) in [5.41, 5.74) is 4.68. The number of fused-ring (bicyclic) bond motifs is 1. The fourth-order valence-corrected chi connectivity index (χ4v) is 3.97. The zero-order valence-electron chi connectivity index (χ0n) is 19.1. The number of carbonyl (C=O) groups is 1. The quantitative estimate of drug-likeness (QED) is 0.387. The molecule has 0 saturated heterocycles. The second kappa shape index (κ2) is 9.81. The van der Waals surface area contributed by atoms with Crippen LogP contribution in [0.4, 0.5) is 4.39 Å². The Morgan fingerprint density at radius 3 is 2.76 bits per heavy atom. The van der Waals surface area contributed by atoms with Crippen LogP contribution in [0.25, 0.3) is 22.0 Å². The zero-order valence-corrected chi connectivity index (χ0v) is 19.1. The number of aryl methyl sites for hydroxylation is 1. The molecule has 2 aromatic heterocycles. The van der Waals surface area contributed by atoms with E-state index in [-0.39, 0.29) is 11.7 Å². The molecule has 1 N–H and O–H groups in total. The molecule has 4 rings (SSSR count). The highest BCUT2D eigenvalue weighted by atomic mass is 19.1. The van der Waals surface area contributed by atoms with E-state index in [4.69, 9.17) is 4.74 Å². The van der Waals surface area contributed by atoms with Crippen LogP contribution in [-0.4, -0.2) is 39.1 Å². The summed E-state index contributed by atoms with van der Waals surface area (Å²) in [5, 5.41) is 8.13. The van der Waals surface area contributed by atoms with Gasteiger partial charge in [0.1, 0.15) is 11.6 Å². The van der Waals surface area contributed by atoms with Crippen LogP contribution in [0.5, 0.6) is 5.75 Å². The number of ether oxygens (including phenoxy) is 1.